The molecule has 1 saturated carbocycles. The molecule has 1 fully saturated rings. The van der Waals surface area contributed by atoms with E-state index in [9.17, 15) is 13.9 Å². The van der Waals surface area contributed by atoms with Gasteiger partial charge in [-0.25, -0.2) is 18.7 Å². The van der Waals surface area contributed by atoms with Gasteiger partial charge in [-0.2, -0.15) is 5.10 Å². The number of fused-ring (bicyclic) bond motifs is 5. The number of aromatic nitrogens is 5. The Balaban J connectivity index is 1.49. The maximum Gasteiger partial charge on any atom is 0.247 e. The van der Waals surface area contributed by atoms with E-state index in [0.717, 1.165) is 29.8 Å². The third-order valence-corrected chi connectivity index (χ3v) is 8.27. The molecule has 0 amide bonds. The topological polar surface area (TPSA) is 97.8 Å². The lowest BCUT2D eigenvalue weighted by atomic mass is 9.66. The normalized spacial score (nSPS) is 21.9. The second-order valence-electron chi connectivity index (χ2n) is 11.1. The summed E-state index contributed by atoms with van der Waals surface area (Å²) < 4.78 is 34.9. The Morgan fingerprint density at radius 1 is 1.05 bits per heavy atom. The fourth-order valence-corrected chi connectivity index (χ4v) is 6.50. The molecule has 2 aliphatic carbocycles. The summed E-state index contributed by atoms with van der Waals surface area (Å²) >= 11 is 0. The summed E-state index contributed by atoms with van der Waals surface area (Å²) in [7, 11) is 0. The minimum Gasteiger partial charge on any atom is -0.440 e. The summed E-state index contributed by atoms with van der Waals surface area (Å²) in [4.78, 5) is 13.9. The van der Waals surface area contributed by atoms with Crippen molar-refractivity contribution in [2.75, 3.05) is 0 Å². The van der Waals surface area contributed by atoms with Crippen LogP contribution in [0.1, 0.15) is 74.9 Å². The van der Waals surface area contributed by atoms with Crippen molar-refractivity contribution in [3.05, 3.63) is 76.7 Å². The molecule has 37 heavy (non-hydrogen) atoms. The summed E-state index contributed by atoms with van der Waals surface area (Å²) in [6.07, 6.45) is 4.99. The maximum atomic E-state index is 14.5. The summed E-state index contributed by atoms with van der Waals surface area (Å²) in [5.41, 5.74) is 1.29. The number of oxazole rings is 1. The van der Waals surface area contributed by atoms with Crippen molar-refractivity contribution in [1.29, 1.82) is 0 Å². The van der Waals surface area contributed by atoms with Crippen LogP contribution in [0.3, 0.4) is 0 Å². The van der Waals surface area contributed by atoms with Gasteiger partial charge in [0.15, 0.2) is 0 Å². The van der Waals surface area contributed by atoms with Gasteiger partial charge in [0.05, 0.1) is 34.3 Å². The van der Waals surface area contributed by atoms with Crippen LogP contribution in [0.15, 0.2) is 41.1 Å². The summed E-state index contributed by atoms with van der Waals surface area (Å²) in [6.45, 7) is 9.40. The number of benzene rings is 1. The molecule has 0 saturated heterocycles. The Labute approximate surface area is 213 Å². The highest BCUT2D eigenvalue weighted by molar-refractivity contribution is 5.64. The summed E-state index contributed by atoms with van der Waals surface area (Å²) in [5, 5.41) is 19.3. The first kappa shape index (κ1) is 23.8. The predicted molar refractivity (Wildman–Crippen MR) is 131 cm³/mol. The van der Waals surface area contributed by atoms with Crippen molar-refractivity contribution < 1.29 is 18.3 Å². The van der Waals surface area contributed by atoms with Crippen molar-refractivity contribution in [3.8, 4) is 22.8 Å². The van der Waals surface area contributed by atoms with Crippen LogP contribution in [-0.4, -0.2) is 30.3 Å². The Kier molecular flexibility index (Phi) is 4.96. The molecule has 0 unspecified atom stereocenters. The van der Waals surface area contributed by atoms with Gasteiger partial charge in [0, 0.05) is 6.20 Å². The Hall–Kier alpha value is -3.59. The van der Waals surface area contributed by atoms with E-state index in [1.807, 2.05) is 0 Å². The average molecular weight is 504 g/mol. The molecule has 0 aliphatic heterocycles. The van der Waals surface area contributed by atoms with Crippen LogP contribution < -0.4 is 0 Å². The summed E-state index contributed by atoms with van der Waals surface area (Å²) in [5.74, 6) is -0.433. The number of nitrogens with zero attached hydrogens (tertiary/aromatic N) is 5. The van der Waals surface area contributed by atoms with Gasteiger partial charge >= 0.3 is 0 Å². The van der Waals surface area contributed by atoms with Crippen molar-refractivity contribution in [2.45, 2.75) is 64.4 Å². The van der Waals surface area contributed by atoms with Crippen LogP contribution in [0.25, 0.3) is 22.8 Å². The van der Waals surface area contributed by atoms with E-state index in [2.05, 4.69) is 34.0 Å². The van der Waals surface area contributed by atoms with Gasteiger partial charge in [0.25, 0.3) is 0 Å². The molecule has 9 heteroatoms. The largest absolute Gasteiger partial charge is 0.440 e. The number of halogens is 2. The Morgan fingerprint density at radius 2 is 1.78 bits per heavy atom. The van der Waals surface area contributed by atoms with E-state index in [4.69, 9.17) is 9.40 Å². The van der Waals surface area contributed by atoms with Crippen LogP contribution >= 0.6 is 0 Å². The average Bonchev–Trinajstić information content (AvgIpc) is 3.42. The van der Waals surface area contributed by atoms with Gasteiger partial charge in [-0.15, -0.1) is 5.10 Å². The zero-order valence-corrected chi connectivity index (χ0v) is 21.3. The third kappa shape index (κ3) is 3.22. The van der Waals surface area contributed by atoms with Gasteiger partial charge in [-0.05, 0) is 68.7 Å². The minimum atomic E-state index is -1.16. The zero-order valence-electron chi connectivity index (χ0n) is 21.3. The minimum absolute atomic E-state index is 0.114. The molecule has 2 aliphatic rings. The highest BCUT2D eigenvalue weighted by atomic mass is 19.1. The zero-order chi connectivity index (χ0) is 26.3. The Morgan fingerprint density at radius 3 is 2.46 bits per heavy atom. The van der Waals surface area contributed by atoms with Gasteiger partial charge in [0.2, 0.25) is 5.89 Å². The third-order valence-electron chi connectivity index (χ3n) is 8.27. The van der Waals surface area contributed by atoms with Crippen LogP contribution in [0, 0.1) is 24.0 Å². The summed E-state index contributed by atoms with van der Waals surface area (Å²) in [6, 6.07) is 5.56. The molecule has 1 aromatic carbocycles. The van der Waals surface area contributed by atoms with Crippen molar-refractivity contribution in [2.24, 2.45) is 5.41 Å². The van der Waals surface area contributed by atoms with E-state index in [1.54, 1.807) is 39.2 Å². The van der Waals surface area contributed by atoms with Crippen molar-refractivity contribution >= 4 is 0 Å². The van der Waals surface area contributed by atoms with Gasteiger partial charge in [-0.3, -0.25) is 4.98 Å². The van der Waals surface area contributed by atoms with E-state index in [-0.39, 0.29) is 28.5 Å². The lowest BCUT2D eigenvalue weighted by Gasteiger charge is -2.37. The molecule has 2 atom stereocenters. The standard InChI is InChI=1S/C28H27F2N5O2/c1-14-23(27(4,5)36)33-25(37-14)20-12-31-13-21(32-20)28-10-9-16(26(28,2)3)15-11-19(34-35-24(15)28)22-17(29)7-6-8-18(22)30/h6-8,11-13,16,36H,9-10H2,1-5H3/t16-,28-/m0/s1. The molecule has 0 spiro atoms. The number of aliphatic hydroxyl groups is 1. The highest BCUT2D eigenvalue weighted by Crippen LogP contribution is 2.69. The highest BCUT2D eigenvalue weighted by Gasteiger charge is 2.65. The molecule has 7 nitrogen and oxygen atoms in total. The first-order valence-electron chi connectivity index (χ1n) is 12.3. The van der Waals surface area contributed by atoms with Crippen LogP contribution in [0.4, 0.5) is 8.78 Å². The monoisotopic (exact) mass is 503 g/mol. The Bertz CT molecular complexity index is 1540. The lowest BCUT2D eigenvalue weighted by Crippen LogP contribution is -2.38. The number of aryl methyl sites for hydroxylation is 1. The molecular formula is C28H27F2N5O2. The van der Waals surface area contributed by atoms with Gasteiger partial charge < -0.3 is 9.52 Å². The first-order valence-corrected chi connectivity index (χ1v) is 12.3. The number of hydrogen-bond acceptors (Lipinski definition) is 7. The predicted octanol–water partition coefficient (Wildman–Crippen LogP) is 5.61. The number of hydrogen-bond donors (Lipinski definition) is 1. The van der Waals surface area contributed by atoms with E-state index >= 15 is 0 Å². The molecule has 6 rings (SSSR count). The van der Waals surface area contributed by atoms with E-state index in [1.165, 1.54) is 18.2 Å². The fourth-order valence-electron chi connectivity index (χ4n) is 6.50. The quantitative estimate of drug-likeness (QED) is 0.387. The smallest absolute Gasteiger partial charge is 0.247 e. The van der Waals surface area contributed by atoms with Crippen molar-refractivity contribution in [1.82, 2.24) is 25.1 Å². The molecule has 1 N–H and O–H groups in total. The van der Waals surface area contributed by atoms with Crippen molar-refractivity contribution in [3.63, 3.8) is 0 Å². The molecule has 190 valence electrons. The molecule has 0 radical (unpaired) electrons. The van der Waals surface area contributed by atoms with Gasteiger partial charge in [0.1, 0.15) is 34.4 Å². The van der Waals surface area contributed by atoms with Crippen LogP contribution in [-0.2, 0) is 11.0 Å². The van der Waals surface area contributed by atoms with E-state index < -0.39 is 22.7 Å². The second kappa shape index (κ2) is 7.71. The van der Waals surface area contributed by atoms with Crippen LogP contribution in [0.2, 0.25) is 0 Å². The van der Waals surface area contributed by atoms with E-state index in [0.29, 0.717) is 17.1 Å². The molecule has 3 heterocycles. The molecule has 3 aromatic heterocycles. The molecule has 2 bridgehead atoms. The first-order chi connectivity index (χ1) is 17.4. The maximum absolute atomic E-state index is 14.5. The fraction of sp³-hybridized carbons (Fsp3) is 0.393. The molecule has 4 aromatic rings. The molecular weight excluding hydrogens is 476 g/mol. The second-order valence-corrected chi connectivity index (χ2v) is 11.1. The number of rotatable bonds is 4. The lowest BCUT2D eigenvalue weighted by molar-refractivity contribution is 0.0728. The van der Waals surface area contributed by atoms with Gasteiger partial charge in [-0.1, -0.05) is 19.9 Å². The SMILES string of the molecule is Cc1oc(-c2cncc([C@@]34CC[C@@H](c5cc(-c6c(F)cccc6F)nnc53)C4(C)C)n2)nc1C(C)(C)O. The van der Waals surface area contributed by atoms with Crippen LogP contribution in [0.5, 0.6) is 0 Å².